The SMILES string of the molecule is c1ccc([Si]2(c3ccccc3)c3ccccc3N(c3ccc4ccccc4n3)c3ccc(-c4ccc5c(c4)c4ccccc4n5-c4ccc5cc6c(ccc7c8ccccc8oc67)cc5c4)cc32)cc1. The molecule has 11 aromatic carbocycles. The lowest BCUT2D eigenvalue weighted by atomic mass is 10.0. The van der Waals surface area contributed by atoms with E-state index in [1.807, 2.05) is 6.07 Å². The highest BCUT2D eigenvalue weighted by Crippen LogP contribution is 2.42. The number of furan rings is 1. The summed E-state index contributed by atoms with van der Waals surface area (Å²) in [6, 6.07) is 91.7. The van der Waals surface area contributed by atoms with Crippen molar-refractivity contribution in [3.63, 3.8) is 0 Å². The van der Waals surface area contributed by atoms with Crippen LogP contribution in [0.2, 0.25) is 0 Å². The molecule has 4 heterocycles. The van der Waals surface area contributed by atoms with Crippen molar-refractivity contribution in [2.24, 2.45) is 0 Å². The van der Waals surface area contributed by atoms with Crippen LogP contribution >= 0.6 is 0 Å². The van der Waals surface area contributed by atoms with Crippen molar-refractivity contribution in [1.29, 1.82) is 0 Å². The number of nitrogens with zero attached hydrogens (tertiary/aromatic N) is 3. The lowest BCUT2D eigenvalue weighted by Crippen LogP contribution is -2.77. The van der Waals surface area contributed by atoms with Crippen molar-refractivity contribution in [3.05, 3.63) is 249 Å². The van der Waals surface area contributed by atoms with Gasteiger partial charge < -0.3 is 8.98 Å². The van der Waals surface area contributed by atoms with Crippen LogP contribution in [0.5, 0.6) is 0 Å². The largest absolute Gasteiger partial charge is 0.455 e. The van der Waals surface area contributed by atoms with E-state index in [1.54, 1.807) is 0 Å². The van der Waals surface area contributed by atoms with Crippen molar-refractivity contribution < 1.29 is 4.42 Å². The number of benzene rings is 11. The molecule has 0 atom stereocenters. The molecule has 0 amide bonds. The Morgan fingerprint density at radius 3 is 1.91 bits per heavy atom. The maximum atomic E-state index is 6.46. The Kier molecular flexibility index (Phi) is 8.35. The molecule has 15 rings (SSSR count). The Hall–Kier alpha value is -9.03. The van der Waals surface area contributed by atoms with E-state index >= 15 is 0 Å². The van der Waals surface area contributed by atoms with Crippen molar-refractivity contribution in [2.75, 3.05) is 4.90 Å². The normalized spacial score (nSPS) is 13.2. The Morgan fingerprint density at radius 2 is 1.04 bits per heavy atom. The van der Waals surface area contributed by atoms with Crippen molar-refractivity contribution >= 4 is 122 Å². The number of hydrogen-bond acceptors (Lipinski definition) is 3. The van der Waals surface area contributed by atoms with Gasteiger partial charge in [0.2, 0.25) is 0 Å². The molecule has 0 N–H and O–H groups in total. The van der Waals surface area contributed by atoms with Gasteiger partial charge in [-0.15, -0.1) is 0 Å². The molecule has 326 valence electrons. The number of pyridine rings is 1. The van der Waals surface area contributed by atoms with Crippen molar-refractivity contribution in [2.45, 2.75) is 0 Å². The van der Waals surface area contributed by atoms with Crippen LogP contribution in [-0.2, 0) is 0 Å². The standard InChI is InChI=1S/C65H41N3OSi/c1-3-16-49(17-4-1)70(50-18-5-2-6-19-50)62-26-14-12-24-59(62)68(64-36-31-42-15-7-10-22-56(42)66-64)60-35-30-45(41-63(60)70)43-29-34-58-55(40-43)51-20-8-11-23-57(51)67(58)48-32-27-44-39-54-46(37-47(44)38-48)28-33-53-52-21-9-13-25-61(52)69-65(53)54/h1-41H. The minimum absolute atomic E-state index is 0.906. The van der Waals surface area contributed by atoms with Gasteiger partial charge in [0, 0.05) is 49.4 Å². The summed E-state index contributed by atoms with van der Waals surface area (Å²) in [4.78, 5) is 7.75. The van der Waals surface area contributed by atoms with Crippen LogP contribution in [0, 0.1) is 0 Å². The first kappa shape index (κ1) is 39.0. The summed E-state index contributed by atoms with van der Waals surface area (Å²) < 4.78 is 8.89. The molecule has 1 aliphatic heterocycles. The summed E-state index contributed by atoms with van der Waals surface area (Å²) in [5, 5.41) is 15.9. The van der Waals surface area contributed by atoms with Gasteiger partial charge in [-0.1, -0.05) is 164 Å². The summed E-state index contributed by atoms with van der Waals surface area (Å²) in [6.07, 6.45) is 0. The van der Waals surface area contributed by atoms with E-state index in [-0.39, 0.29) is 0 Å². The van der Waals surface area contributed by atoms with Gasteiger partial charge in [-0.05, 0) is 133 Å². The van der Waals surface area contributed by atoms with Crippen LogP contribution in [0.1, 0.15) is 0 Å². The van der Waals surface area contributed by atoms with E-state index in [1.165, 1.54) is 75.5 Å². The third-order valence-electron chi connectivity index (χ3n) is 15.0. The summed E-state index contributed by atoms with van der Waals surface area (Å²) in [5.74, 6) is 0.906. The van der Waals surface area contributed by atoms with Gasteiger partial charge in [0.1, 0.15) is 17.0 Å². The summed E-state index contributed by atoms with van der Waals surface area (Å²) >= 11 is 0. The van der Waals surface area contributed by atoms with E-state index in [9.17, 15) is 0 Å². The fraction of sp³-hybridized carbons (Fsp3) is 0. The van der Waals surface area contributed by atoms with Gasteiger partial charge >= 0.3 is 0 Å². The molecule has 3 aromatic heterocycles. The molecule has 70 heavy (non-hydrogen) atoms. The third kappa shape index (κ3) is 5.61. The van der Waals surface area contributed by atoms with Crippen LogP contribution < -0.4 is 25.6 Å². The molecule has 0 saturated carbocycles. The number of hydrogen-bond donors (Lipinski definition) is 0. The first-order valence-corrected chi connectivity index (χ1v) is 26.0. The molecule has 4 nitrogen and oxygen atoms in total. The van der Waals surface area contributed by atoms with Crippen LogP contribution in [0.15, 0.2) is 253 Å². The van der Waals surface area contributed by atoms with E-state index in [0.29, 0.717) is 0 Å². The van der Waals surface area contributed by atoms with Gasteiger partial charge in [0.15, 0.2) is 8.07 Å². The van der Waals surface area contributed by atoms with E-state index in [2.05, 4.69) is 252 Å². The summed E-state index contributed by atoms with van der Waals surface area (Å²) in [7, 11) is -2.95. The molecular weight excluding hydrogens is 867 g/mol. The maximum absolute atomic E-state index is 6.46. The van der Waals surface area contributed by atoms with Crippen LogP contribution in [0.25, 0.3) is 93.0 Å². The van der Waals surface area contributed by atoms with Gasteiger partial charge in [0.05, 0.1) is 16.6 Å². The number of aromatic nitrogens is 2. The zero-order chi connectivity index (χ0) is 45.9. The van der Waals surface area contributed by atoms with Crippen LogP contribution in [0.3, 0.4) is 0 Å². The highest BCUT2D eigenvalue weighted by molar-refractivity contribution is 7.21. The molecule has 0 fully saturated rings. The second-order valence-electron chi connectivity index (χ2n) is 18.7. The Balaban J connectivity index is 0.924. The summed E-state index contributed by atoms with van der Waals surface area (Å²) in [5.41, 5.74) is 11.0. The van der Waals surface area contributed by atoms with Crippen LogP contribution in [-0.4, -0.2) is 17.6 Å². The van der Waals surface area contributed by atoms with Crippen molar-refractivity contribution in [1.82, 2.24) is 9.55 Å². The maximum Gasteiger partial charge on any atom is 0.184 e. The highest BCUT2D eigenvalue weighted by atomic mass is 28.3. The van der Waals surface area contributed by atoms with E-state index in [0.717, 1.165) is 55.4 Å². The Morgan fingerprint density at radius 1 is 0.371 bits per heavy atom. The molecule has 0 saturated heterocycles. The van der Waals surface area contributed by atoms with E-state index < -0.39 is 8.07 Å². The fourth-order valence-corrected chi connectivity index (χ4v) is 17.0. The molecule has 14 aromatic rings. The quantitative estimate of drug-likeness (QED) is 0.127. The first-order valence-electron chi connectivity index (χ1n) is 24.0. The molecule has 1 aliphatic rings. The summed E-state index contributed by atoms with van der Waals surface area (Å²) in [6.45, 7) is 0. The first-order chi connectivity index (χ1) is 34.7. The van der Waals surface area contributed by atoms with Crippen LogP contribution in [0.4, 0.5) is 17.2 Å². The zero-order valence-electron chi connectivity index (χ0n) is 37.9. The van der Waals surface area contributed by atoms with Gasteiger partial charge in [-0.3, -0.25) is 4.90 Å². The van der Waals surface area contributed by atoms with E-state index in [4.69, 9.17) is 9.40 Å². The minimum atomic E-state index is -2.95. The Bertz CT molecular complexity index is 4400. The topological polar surface area (TPSA) is 34.2 Å². The molecule has 5 heteroatoms. The second-order valence-corrected chi connectivity index (χ2v) is 22.4. The number of anilines is 3. The third-order valence-corrected chi connectivity index (χ3v) is 19.8. The molecule has 0 spiro atoms. The lowest BCUT2D eigenvalue weighted by molar-refractivity contribution is 0.672. The number of rotatable bonds is 5. The van der Waals surface area contributed by atoms with Gasteiger partial charge in [-0.25, -0.2) is 4.98 Å². The minimum Gasteiger partial charge on any atom is -0.455 e. The average Bonchev–Trinajstić information content (AvgIpc) is 3.98. The predicted molar refractivity (Wildman–Crippen MR) is 296 cm³/mol. The lowest BCUT2D eigenvalue weighted by Gasteiger charge is -2.44. The Labute approximate surface area is 404 Å². The second kappa shape index (κ2) is 15.0. The monoisotopic (exact) mass is 907 g/mol. The average molecular weight is 908 g/mol. The predicted octanol–water partition coefficient (Wildman–Crippen LogP) is 14.4. The van der Waals surface area contributed by atoms with Gasteiger partial charge in [-0.2, -0.15) is 0 Å². The number of fused-ring (bicyclic) bond motifs is 12. The highest BCUT2D eigenvalue weighted by Gasteiger charge is 2.49. The van der Waals surface area contributed by atoms with Crippen molar-refractivity contribution in [3.8, 4) is 16.8 Å². The molecule has 0 unspecified atom stereocenters. The van der Waals surface area contributed by atoms with Gasteiger partial charge in [0.25, 0.3) is 0 Å². The number of para-hydroxylation sites is 4. The smallest absolute Gasteiger partial charge is 0.184 e. The fourth-order valence-electron chi connectivity index (χ4n) is 11.9. The zero-order valence-corrected chi connectivity index (χ0v) is 38.9. The molecule has 0 radical (unpaired) electrons. The molecule has 0 bridgehead atoms. The molecular formula is C65H41N3OSi. The molecule has 0 aliphatic carbocycles.